The largest absolute Gasteiger partial charge is 0.493 e. The van der Waals surface area contributed by atoms with Gasteiger partial charge in [-0.1, -0.05) is 25.0 Å². The lowest BCUT2D eigenvalue weighted by Gasteiger charge is -2.27. The summed E-state index contributed by atoms with van der Waals surface area (Å²) in [6.07, 6.45) is 8.42. The first-order valence-corrected chi connectivity index (χ1v) is 7.99. The summed E-state index contributed by atoms with van der Waals surface area (Å²) in [4.78, 5) is 15.2. The van der Waals surface area contributed by atoms with Crippen LogP contribution in [0, 0.1) is 19.8 Å². The second kappa shape index (κ2) is 5.65. The Labute approximate surface area is 126 Å². The van der Waals surface area contributed by atoms with E-state index in [1.54, 1.807) is 6.08 Å². The molecule has 2 saturated carbocycles. The van der Waals surface area contributed by atoms with E-state index in [1.165, 1.54) is 24.0 Å². The van der Waals surface area contributed by atoms with Crippen molar-refractivity contribution in [2.45, 2.75) is 57.9 Å². The minimum atomic E-state index is -0.404. The highest BCUT2D eigenvalue weighted by atomic mass is 16.5. The number of benzene rings is 1. The number of rotatable bonds is 5. The van der Waals surface area contributed by atoms with Gasteiger partial charge in [-0.2, -0.15) is 4.99 Å². The number of nitrogens with zero attached hydrogens (tertiary/aromatic N) is 1. The van der Waals surface area contributed by atoms with Crippen LogP contribution in [0.2, 0.25) is 0 Å². The van der Waals surface area contributed by atoms with Crippen LogP contribution in [-0.2, 0) is 10.3 Å². The molecule has 3 rings (SSSR count). The molecule has 0 aliphatic heterocycles. The van der Waals surface area contributed by atoms with E-state index >= 15 is 0 Å². The van der Waals surface area contributed by atoms with Gasteiger partial charge in [-0.15, -0.1) is 0 Å². The van der Waals surface area contributed by atoms with Crippen molar-refractivity contribution in [2.24, 2.45) is 10.9 Å². The van der Waals surface area contributed by atoms with Gasteiger partial charge in [-0.3, -0.25) is 0 Å². The molecule has 1 aromatic carbocycles. The molecule has 3 nitrogen and oxygen atoms in total. The summed E-state index contributed by atoms with van der Waals surface area (Å²) in [5, 5.41) is 0. The predicted molar refractivity (Wildman–Crippen MR) is 82.4 cm³/mol. The maximum atomic E-state index is 10.9. The number of hydrogen-bond donors (Lipinski definition) is 0. The Hall–Kier alpha value is -1.60. The molecule has 0 amide bonds. The summed E-state index contributed by atoms with van der Waals surface area (Å²) >= 11 is 0. The van der Waals surface area contributed by atoms with Gasteiger partial charge in [-0.25, -0.2) is 4.79 Å². The lowest BCUT2D eigenvalue weighted by atomic mass is 9.86. The third-order valence-electron chi connectivity index (χ3n) is 5.03. The highest BCUT2D eigenvalue weighted by Gasteiger charge is 2.39. The number of hydrogen-bond acceptors (Lipinski definition) is 3. The summed E-state index contributed by atoms with van der Waals surface area (Å²) in [6.45, 7) is 5.00. The van der Waals surface area contributed by atoms with Crippen LogP contribution in [-0.4, -0.2) is 12.7 Å². The third-order valence-corrected chi connectivity index (χ3v) is 5.03. The Kier molecular flexibility index (Phi) is 3.86. The zero-order chi connectivity index (χ0) is 14.9. The topological polar surface area (TPSA) is 38.7 Å². The highest BCUT2D eigenvalue weighted by Crippen LogP contribution is 2.47. The number of isocyanates is 1. The second-order valence-corrected chi connectivity index (χ2v) is 6.58. The van der Waals surface area contributed by atoms with Gasteiger partial charge >= 0.3 is 0 Å². The number of aryl methyl sites for hydroxylation is 1. The fraction of sp³-hybridized carbons (Fsp3) is 0.611. The van der Waals surface area contributed by atoms with Gasteiger partial charge in [0.1, 0.15) is 11.3 Å². The number of ether oxygens (including phenoxy) is 1. The van der Waals surface area contributed by atoms with Crippen molar-refractivity contribution >= 4 is 6.08 Å². The minimum absolute atomic E-state index is 0.404. The Bertz CT molecular complexity index is 577. The van der Waals surface area contributed by atoms with Crippen LogP contribution >= 0.6 is 0 Å². The Morgan fingerprint density at radius 2 is 2.00 bits per heavy atom. The van der Waals surface area contributed by atoms with Crippen molar-refractivity contribution in [1.82, 2.24) is 0 Å². The van der Waals surface area contributed by atoms with Gasteiger partial charge in [-0.05, 0) is 56.6 Å². The monoisotopic (exact) mass is 285 g/mol. The van der Waals surface area contributed by atoms with Crippen molar-refractivity contribution in [3.8, 4) is 5.75 Å². The van der Waals surface area contributed by atoms with Crippen LogP contribution in [0.4, 0.5) is 0 Å². The van der Waals surface area contributed by atoms with E-state index in [0.717, 1.165) is 43.6 Å². The molecule has 0 spiro atoms. The normalized spacial score (nSPS) is 20.1. The summed E-state index contributed by atoms with van der Waals surface area (Å²) in [5.41, 5.74) is 3.10. The maximum Gasteiger partial charge on any atom is 0.235 e. The number of aliphatic imine (C=N–C) groups is 1. The Morgan fingerprint density at radius 1 is 1.29 bits per heavy atom. The highest BCUT2D eigenvalue weighted by molar-refractivity contribution is 5.51. The van der Waals surface area contributed by atoms with E-state index in [9.17, 15) is 4.79 Å². The zero-order valence-electron chi connectivity index (χ0n) is 12.9. The van der Waals surface area contributed by atoms with Crippen molar-refractivity contribution in [3.05, 3.63) is 28.8 Å². The Balaban J connectivity index is 2.02. The van der Waals surface area contributed by atoms with Gasteiger partial charge in [0.05, 0.1) is 6.61 Å². The molecule has 0 N–H and O–H groups in total. The van der Waals surface area contributed by atoms with E-state index < -0.39 is 5.54 Å². The number of carbonyl (C=O) groups excluding carboxylic acids is 1. The molecule has 0 aromatic heterocycles. The van der Waals surface area contributed by atoms with E-state index in [0.29, 0.717) is 5.92 Å². The van der Waals surface area contributed by atoms with Crippen LogP contribution < -0.4 is 4.74 Å². The van der Waals surface area contributed by atoms with Gasteiger partial charge in [0, 0.05) is 5.56 Å². The molecule has 112 valence electrons. The molecule has 0 saturated heterocycles. The van der Waals surface area contributed by atoms with E-state index in [4.69, 9.17) is 4.74 Å². The molecule has 1 aromatic rings. The smallest absolute Gasteiger partial charge is 0.235 e. The fourth-order valence-electron chi connectivity index (χ4n) is 3.32. The molecule has 0 radical (unpaired) electrons. The first-order chi connectivity index (χ1) is 10.2. The minimum Gasteiger partial charge on any atom is -0.493 e. The first-order valence-electron chi connectivity index (χ1n) is 7.99. The second-order valence-electron chi connectivity index (χ2n) is 6.58. The molecular formula is C18H23NO2. The lowest BCUT2D eigenvalue weighted by molar-refractivity contribution is 0.285. The molecule has 2 aliphatic rings. The van der Waals surface area contributed by atoms with Gasteiger partial charge in [0.2, 0.25) is 6.08 Å². The molecular weight excluding hydrogens is 262 g/mol. The van der Waals surface area contributed by atoms with Crippen LogP contribution in [0.5, 0.6) is 5.75 Å². The van der Waals surface area contributed by atoms with Crippen LogP contribution in [0.15, 0.2) is 17.1 Å². The molecule has 0 bridgehead atoms. The molecule has 0 unspecified atom stereocenters. The van der Waals surface area contributed by atoms with Crippen molar-refractivity contribution in [2.75, 3.05) is 6.61 Å². The third kappa shape index (κ3) is 2.75. The zero-order valence-corrected chi connectivity index (χ0v) is 12.9. The summed E-state index contributed by atoms with van der Waals surface area (Å²) in [5.74, 6) is 1.68. The summed E-state index contributed by atoms with van der Waals surface area (Å²) in [6, 6.07) is 4.23. The van der Waals surface area contributed by atoms with Gasteiger partial charge in [0.15, 0.2) is 0 Å². The average molecular weight is 285 g/mol. The SMILES string of the molecule is Cc1ccc(C2(N=C=O)CCCC2)c(OCC2CC2)c1C. The molecule has 2 aliphatic carbocycles. The van der Waals surface area contributed by atoms with E-state index in [2.05, 4.69) is 31.0 Å². The standard InChI is InChI=1S/C18H23NO2/c1-13-5-8-16(18(19-12-20)9-3-4-10-18)17(14(13)2)21-11-15-6-7-15/h5,8,15H,3-4,6-7,9-11H2,1-2H3. The molecule has 21 heavy (non-hydrogen) atoms. The maximum absolute atomic E-state index is 10.9. The molecule has 3 heteroatoms. The van der Waals surface area contributed by atoms with Crippen molar-refractivity contribution in [1.29, 1.82) is 0 Å². The van der Waals surface area contributed by atoms with E-state index in [-0.39, 0.29) is 0 Å². The average Bonchev–Trinajstić information content (AvgIpc) is 3.19. The van der Waals surface area contributed by atoms with Crippen LogP contribution in [0.3, 0.4) is 0 Å². The van der Waals surface area contributed by atoms with Crippen LogP contribution in [0.25, 0.3) is 0 Å². The molecule has 0 heterocycles. The Morgan fingerprint density at radius 3 is 2.62 bits per heavy atom. The molecule has 0 atom stereocenters. The first kappa shape index (κ1) is 14.3. The van der Waals surface area contributed by atoms with Crippen molar-refractivity contribution < 1.29 is 9.53 Å². The fourth-order valence-corrected chi connectivity index (χ4v) is 3.32. The summed E-state index contributed by atoms with van der Waals surface area (Å²) in [7, 11) is 0. The van der Waals surface area contributed by atoms with Crippen LogP contribution in [0.1, 0.15) is 55.2 Å². The van der Waals surface area contributed by atoms with Gasteiger partial charge in [0.25, 0.3) is 0 Å². The quantitative estimate of drug-likeness (QED) is 0.601. The van der Waals surface area contributed by atoms with E-state index in [1.807, 2.05) is 0 Å². The van der Waals surface area contributed by atoms with Gasteiger partial charge < -0.3 is 4.74 Å². The van der Waals surface area contributed by atoms with Crippen molar-refractivity contribution in [3.63, 3.8) is 0 Å². The lowest BCUT2D eigenvalue weighted by Crippen LogP contribution is -2.21. The molecule has 2 fully saturated rings. The summed E-state index contributed by atoms with van der Waals surface area (Å²) < 4.78 is 6.17. The predicted octanol–water partition coefficient (Wildman–Crippen LogP) is 4.20.